The lowest BCUT2D eigenvalue weighted by Gasteiger charge is -2.09. The summed E-state index contributed by atoms with van der Waals surface area (Å²) < 4.78 is 12.8. The molecule has 0 saturated heterocycles. The van der Waals surface area contributed by atoms with Gasteiger partial charge in [-0.25, -0.2) is 9.37 Å². The molecule has 0 aliphatic heterocycles. The first-order valence-electron chi connectivity index (χ1n) is 6.21. The van der Waals surface area contributed by atoms with E-state index < -0.39 is 0 Å². The monoisotopic (exact) mass is 279 g/mol. The molecule has 0 aliphatic carbocycles. The van der Waals surface area contributed by atoms with Crippen molar-refractivity contribution < 1.29 is 4.39 Å². The molecule has 0 spiro atoms. The molecule has 0 unspecified atom stereocenters. The quantitative estimate of drug-likeness (QED) is 0.824. The average Bonchev–Trinajstić information content (AvgIpc) is 2.84. The van der Waals surface area contributed by atoms with Crippen molar-refractivity contribution in [3.8, 4) is 10.6 Å². The summed E-state index contributed by atoms with van der Waals surface area (Å²) in [6.07, 6.45) is 0. The van der Waals surface area contributed by atoms with E-state index in [9.17, 15) is 4.39 Å². The van der Waals surface area contributed by atoms with Crippen molar-refractivity contribution in [3.63, 3.8) is 0 Å². The average molecular weight is 279 g/mol. The molecule has 0 aliphatic rings. The lowest BCUT2D eigenvalue weighted by atomic mass is 10.2. The third kappa shape index (κ3) is 4.38. The Bertz CT molecular complexity index is 508. The number of halogens is 1. The van der Waals surface area contributed by atoms with Gasteiger partial charge in [-0.15, -0.1) is 11.3 Å². The zero-order valence-electron chi connectivity index (χ0n) is 11.2. The van der Waals surface area contributed by atoms with E-state index in [2.05, 4.69) is 29.3 Å². The minimum absolute atomic E-state index is 0.217. The van der Waals surface area contributed by atoms with E-state index in [-0.39, 0.29) is 5.82 Å². The summed E-state index contributed by atoms with van der Waals surface area (Å²) in [7, 11) is 4.11. The maximum atomic E-state index is 12.8. The highest BCUT2D eigenvalue weighted by molar-refractivity contribution is 7.13. The van der Waals surface area contributed by atoms with Gasteiger partial charge in [-0.3, -0.25) is 0 Å². The standard InChI is InChI=1S/C14H18FN3S/c1-18(2)8-7-16-9-13-10-19-14(17-13)11-3-5-12(15)6-4-11/h3-6,10,16H,7-9H2,1-2H3. The van der Waals surface area contributed by atoms with E-state index in [1.54, 1.807) is 23.5 Å². The molecule has 2 rings (SSSR count). The summed E-state index contributed by atoms with van der Waals surface area (Å²) >= 11 is 1.59. The van der Waals surface area contributed by atoms with Crippen LogP contribution in [0.3, 0.4) is 0 Å². The molecular weight excluding hydrogens is 261 g/mol. The van der Waals surface area contributed by atoms with Crippen LogP contribution in [0.2, 0.25) is 0 Å². The van der Waals surface area contributed by atoms with E-state index in [1.807, 2.05) is 5.38 Å². The predicted octanol–water partition coefficient (Wildman–Crippen LogP) is 2.60. The van der Waals surface area contributed by atoms with Crippen molar-refractivity contribution in [1.29, 1.82) is 0 Å². The van der Waals surface area contributed by atoms with Gasteiger partial charge in [-0.2, -0.15) is 0 Å². The number of thiazole rings is 1. The number of hydrogen-bond donors (Lipinski definition) is 1. The maximum absolute atomic E-state index is 12.8. The van der Waals surface area contributed by atoms with Gasteiger partial charge in [0.25, 0.3) is 0 Å². The smallest absolute Gasteiger partial charge is 0.123 e. The Morgan fingerprint density at radius 1 is 1.26 bits per heavy atom. The molecule has 3 nitrogen and oxygen atoms in total. The van der Waals surface area contributed by atoms with Gasteiger partial charge in [-0.1, -0.05) is 0 Å². The second-order valence-electron chi connectivity index (χ2n) is 4.63. The summed E-state index contributed by atoms with van der Waals surface area (Å²) in [5.74, 6) is -0.217. The number of nitrogens with zero attached hydrogens (tertiary/aromatic N) is 2. The number of rotatable bonds is 6. The minimum atomic E-state index is -0.217. The molecule has 0 radical (unpaired) electrons. The SMILES string of the molecule is CN(C)CCNCc1csc(-c2ccc(F)cc2)n1. The normalized spacial score (nSPS) is 11.2. The molecule has 0 saturated carbocycles. The molecule has 5 heteroatoms. The Morgan fingerprint density at radius 2 is 2.00 bits per heavy atom. The molecule has 0 bridgehead atoms. The lowest BCUT2D eigenvalue weighted by Crippen LogP contribution is -2.26. The Kier molecular flexibility index (Phi) is 5.01. The number of hydrogen-bond acceptors (Lipinski definition) is 4. The Balaban J connectivity index is 1.90. The van der Waals surface area contributed by atoms with Gasteiger partial charge in [0, 0.05) is 30.6 Å². The molecule has 1 aromatic carbocycles. The lowest BCUT2D eigenvalue weighted by molar-refractivity contribution is 0.399. The predicted molar refractivity (Wildman–Crippen MR) is 77.8 cm³/mol. The van der Waals surface area contributed by atoms with Gasteiger partial charge in [-0.05, 0) is 38.4 Å². The maximum Gasteiger partial charge on any atom is 0.123 e. The van der Waals surface area contributed by atoms with Crippen LogP contribution in [0.15, 0.2) is 29.6 Å². The molecule has 0 fully saturated rings. The summed E-state index contributed by atoms with van der Waals surface area (Å²) in [4.78, 5) is 6.68. The molecule has 102 valence electrons. The molecule has 19 heavy (non-hydrogen) atoms. The van der Waals surface area contributed by atoms with Gasteiger partial charge in [0.2, 0.25) is 0 Å². The Labute approximate surface area is 117 Å². The highest BCUT2D eigenvalue weighted by atomic mass is 32.1. The van der Waals surface area contributed by atoms with Gasteiger partial charge in [0.05, 0.1) is 5.69 Å². The third-order valence-electron chi connectivity index (χ3n) is 2.68. The van der Waals surface area contributed by atoms with Crippen molar-refractivity contribution >= 4 is 11.3 Å². The number of nitrogens with one attached hydrogen (secondary N) is 1. The Morgan fingerprint density at radius 3 is 2.68 bits per heavy atom. The molecule has 1 aromatic heterocycles. The van der Waals surface area contributed by atoms with Gasteiger partial charge in [0.1, 0.15) is 10.8 Å². The molecule has 2 aromatic rings. The summed E-state index contributed by atoms with van der Waals surface area (Å²) in [6.45, 7) is 2.72. The molecule has 1 N–H and O–H groups in total. The highest BCUT2D eigenvalue weighted by Gasteiger charge is 2.04. The summed E-state index contributed by atoms with van der Waals surface area (Å²) in [5, 5.41) is 6.33. The topological polar surface area (TPSA) is 28.2 Å². The van der Waals surface area contributed by atoms with Crippen molar-refractivity contribution in [2.24, 2.45) is 0 Å². The summed E-state index contributed by atoms with van der Waals surface area (Å²) in [5.41, 5.74) is 1.99. The second-order valence-corrected chi connectivity index (χ2v) is 5.49. The first kappa shape index (κ1) is 14.1. The van der Waals surface area contributed by atoms with Gasteiger partial charge < -0.3 is 10.2 Å². The summed E-state index contributed by atoms with van der Waals surface area (Å²) in [6, 6.07) is 6.45. The first-order valence-corrected chi connectivity index (χ1v) is 7.09. The Hall–Kier alpha value is -1.30. The van der Waals surface area contributed by atoms with E-state index in [1.165, 1.54) is 12.1 Å². The van der Waals surface area contributed by atoms with Gasteiger partial charge >= 0.3 is 0 Å². The fourth-order valence-electron chi connectivity index (χ4n) is 1.63. The molecular formula is C14H18FN3S. The van der Waals surface area contributed by atoms with Crippen LogP contribution >= 0.6 is 11.3 Å². The van der Waals surface area contributed by atoms with Crippen molar-refractivity contribution in [3.05, 3.63) is 41.2 Å². The van der Waals surface area contributed by atoms with E-state index in [0.717, 1.165) is 35.9 Å². The van der Waals surface area contributed by atoms with Crippen LogP contribution in [0.4, 0.5) is 4.39 Å². The van der Waals surface area contributed by atoms with Crippen LogP contribution in [-0.2, 0) is 6.54 Å². The third-order valence-corrected chi connectivity index (χ3v) is 3.63. The zero-order chi connectivity index (χ0) is 13.7. The van der Waals surface area contributed by atoms with Crippen LogP contribution in [-0.4, -0.2) is 37.1 Å². The number of likely N-dealkylation sites (N-methyl/N-ethyl adjacent to an activating group) is 1. The minimum Gasteiger partial charge on any atom is -0.310 e. The number of benzene rings is 1. The first-order chi connectivity index (χ1) is 9.15. The largest absolute Gasteiger partial charge is 0.310 e. The van der Waals surface area contributed by atoms with E-state index in [0.29, 0.717) is 0 Å². The molecule has 1 heterocycles. The van der Waals surface area contributed by atoms with E-state index in [4.69, 9.17) is 0 Å². The highest BCUT2D eigenvalue weighted by Crippen LogP contribution is 2.23. The molecule has 0 amide bonds. The van der Waals surface area contributed by atoms with Gasteiger partial charge in [0.15, 0.2) is 0 Å². The van der Waals surface area contributed by atoms with Crippen molar-refractivity contribution in [2.75, 3.05) is 27.2 Å². The van der Waals surface area contributed by atoms with Crippen LogP contribution in [0.1, 0.15) is 5.69 Å². The number of aromatic nitrogens is 1. The second kappa shape index (κ2) is 6.75. The van der Waals surface area contributed by atoms with Crippen LogP contribution in [0, 0.1) is 5.82 Å². The molecule has 0 atom stereocenters. The van der Waals surface area contributed by atoms with Crippen LogP contribution in [0.25, 0.3) is 10.6 Å². The fourth-order valence-corrected chi connectivity index (χ4v) is 2.46. The fraction of sp³-hybridized carbons (Fsp3) is 0.357. The van der Waals surface area contributed by atoms with Crippen molar-refractivity contribution in [1.82, 2.24) is 15.2 Å². The van der Waals surface area contributed by atoms with Crippen LogP contribution in [0.5, 0.6) is 0 Å². The van der Waals surface area contributed by atoms with Crippen LogP contribution < -0.4 is 5.32 Å². The zero-order valence-corrected chi connectivity index (χ0v) is 12.0. The van der Waals surface area contributed by atoms with Crippen molar-refractivity contribution in [2.45, 2.75) is 6.54 Å². The van der Waals surface area contributed by atoms with E-state index >= 15 is 0 Å².